The van der Waals surface area contributed by atoms with Gasteiger partial charge in [0, 0.05) is 0 Å². The maximum Gasteiger partial charge on any atom is -0.00141 e. The first kappa shape index (κ1) is 14.7. The van der Waals surface area contributed by atoms with Crippen molar-refractivity contribution in [2.45, 2.75) is 53.9 Å². The quantitative estimate of drug-likeness (QED) is 0.472. The monoisotopic (exact) mass is 211 g/mol. The maximum absolute atomic E-state index is 3.47. The van der Waals surface area contributed by atoms with Crippen molar-refractivity contribution in [1.29, 1.82) is 0 Å². The summed E-state index contributed by atoms with van der Waals surface area (Å²) < 4.78 is 0. The van der Waals surface area contributed by atoms with Gasteiger partial charge in [0.25, 0.3) is 0 Å². The van der Waals surface area contributed by atoms with E-state index in [1.165, 1.54) is 19.3 Å². The minimum absolute atomic E-state index is 0.758. The molecule has 15 heavy (non-hydrogen) atoms. The molecule has 0 rings (SSSR count). The van der Waals surface area contributed by atoms with Gasteiger partial charge in [-0.3, -0.25) is 0 Å². The van der Waals surface area contributed by atoms with E-state index in [1.807, 2.05) is 0 Å². The first-order valence-corrected chi connectivity index (χ1v) is 6.45. The van der Waals surface area contributed by atoms with Crippen molar-refractivity contribution in [3.05, 3.63) is 11.6 Å². The zero-order valence-electron chi connectivity index (χ0n) is 11.3. The molecule has 1 N–H and O–H groups in total. The molecule has 0 aliphatic carbocycles. The molecule has 1 heteroatoms. The summed E-state index contributed by atoms with van der Waals surface area (Å²) in [5.74, 6) is 1.52. The van der Waals surface area contributed by atoms with E-state index in [2.05, 4.69) is 46.0 Å². The van der Waals surface area contributed by atoms with Gasteiger partial charge in [0.05, 0.1) is 0 Å². The largest absolute Gasteiger partial charge is 0.316 e. The van der Waals surface area contributed by atoms with Crippen LogP contribution in [0.5, 0.6) is 0 Å². The summed E-state index contributed by atoms with van der Waals surface area (Å²) in [6.45, 7) is 13.6. The number of nitrogens with one attached hydrogen (secondary N) is 1. The highest BCUT2D eigenvalue weighted by Gasteiger charge is 2.01. The van der Waals surface area contributed by atoms with Crippen LogP contribution < -0.4 is 5.32 Å². The van der Waals surface area contributed by atoms with Gasteiger partial charge in [-0.15, -0.1) is 0 Å². The normalized spacial score (nSPS) is 14.7. The van der Waals surface area contributed by atoms with Gasteiger partial charge in [0.1, 0.15) is 0 Å². The Morgan fingerprint density at radius 3 is 2.47 bits per heavy atom. The Labute approximate surface area is 96.3 Å². The smallest absolute Gasteiger partial charge is 0.00141 e. The van der Waals surface area contributed by atoms with Crippen molar-refractivity contribution in [3.63, 3.8) is 0 Å². The fraction of sp³-hybridized carbons (Fsp3) is 0.857. The average Bonchev–Trinajstić information content (AvgIpc) is 2.16. The lowest BCUT2D eigenvalue weighted by Crippen LogP contribution is -2.20. The summed E-state index contributed by atoms with van der Waals surface area (Å²) >= 11 is 0. The molecule has 0 spiro atoms. The molecule has 0 aromatic carbocycles. The minimum Gasteiger partial charge on any atom is -0.316 e. The molecule has 0 fully saturated rings. The molecule has 1 unspecified atom stereocenters. The van der Waals surface area contributed by atoms with E-state index in [4.69, 9.17) is 0 Å². The highest BCUT2D eigenvalue weighted by molar-refractivity contribution is 5.02. The number of hydrogen-bond donors (Lipinski definition) is 1. The highest BCUT2D eigenvalue weighted by atomic mass is 14.8. The van der Waals surface area contributed by atoms with Gasteiger partial charge in [0.15, 0.2) is 0 Å². The Bertz CT molecular complexity index is 170. The molecule has 0 saturated carbocycles. The fourth-order valence-corrected chi connectivity index (χ4v) is 1.65. The van der Waals surface area contributed by atoms with Gasteiger partial charge in [-0.2, -0.15) is 0 Å². The van der Waals surface area contributed by atoms with Crippen LogP contribution >= 0.6 is 0 Å². The third kappa shape index (κ3) is 8.68. The van der Waals surface area contributed by atoms with Crippen LogP contribution in [0.15, 0.2) is 11.6 Å². The van der Waals surface area contributed by atoms with E-state index in [0.29, 0.717) is 0 Å². The van der Waals surface area contributed by atoms with Gasteiger partial charge in [-0.25, -0.2) is 0 Å². The molecule has 0 radical (unpaired) electrons. The van der Waals surface area contributed by atoms with Crippen LogP contribution in [0.1, 0.15) is 53.9 Å². The summed E-state index contributed by atoms with van der Waals surface area (Å²) in [6, 6.07) is 0. The number of hydrogen-bond acceptors (Lipinski definition) is 1. The lowest BCUT2D eigenvalue weighted by atomic mass is 9.97. The molecule has 0 saturated heterocycles. The molecule has 1 atom stereocenters. The van der Waals surface area contributed by atoms with Crippen LogP contribution in [-0.4, -0.2) is 13.1 Å². The second-order valence-electron chi connectivity index (χ2n) is 5.02. The summed E-state index contributed by atoms with van der Waals surface area (Å²) in [5.41, 5.74) is 1.56. The Morgan fingerprint density at radius 2 is 1.93 bits per heavy atom. The Hall–Kier alpha value is -0.300. The molecule has 0 bridgehead atoms. The van der Waals surface area contributed by atoms with Gasteiger partial charge < -0.3 is 5.32 Å². The zero-order chi connectivity index (χ0) is 11.7. The van der Waals surface area contributed by atoms with Crippen LogP contribution in [-0.2, 0) is 0 Å². The van der Waals surface area contributed by atoms with E-state index in [-0.39, 0.29) is 0 Å². The van der Waals surface area contributed by atoms with Crippen molar-refractivity contribution in [2.75, 3.05) is 13.1 Å². The summed E-state index contributed by atoms with van der Waals surface area (Å²) in [4.78, 5) is 0. The summed E-state index contributed by atoms with van der Waals surface area (Å²) in [5, 5.41) is 3.47. The predicted molar refractivity (Wildman–Crippen MR) is 70.2 cm³/mol. The van der Waals surface area contributed by atoms with Crippen LogP contribution in [0.4, 0.5) is 0 Å². The van der Waals surface area contributed by atoms with Crippen molar-refractivity contribution in [3.8, 4) is 0 Å². The van der Waals surface area contributed by atoms with E-state index in [9.17, 15) is 0 Å². The minimum atomic E-state index is 0.758. The second kappa shape index (κ2) is 8.96. The molecular weight excluding hydrogens is 182 g/mol. The van der Waals surface area contributed by atoms with Crippen LogP contribution in [0.25, 0.3) is 0 Å². The molecule has 0 aromatic rings. The second-order valence-corrected chi connectivity index (χ2v) is 5.02. The molecule has 0 amide bonds. The molecule has 0 heterocycles. The fourth-order valence-electron chi connectivity index (χ4n) is 1.65. The highest BCUT2D eigenvalue weighted by Crippen LogP contribution is 2.15. The molecule has 1 nitrogen and oxygen atoms in total. The molecule has 0 aliphatic rings. The SMILES string of the molecule is CCCC(C)C(C)=CCCNCC(C)C. The summed E-state index contributed by atoms with van der Waals surface area (Å²) in [7, 11) is 0. The van der Waals surface area contributed by atoms with E-state index in [0.717, 1.165) is 24.9 Å². The predicted octanol–water partition coefficient (Wildman–Crippen LogP) is 4.00. The Balaban J connectivity index is 3.57. The third-order valence-corrected chi connectivity index (χ3v) is 2.84. The third-order valence-electron chi connectivity index (χ3n) is 2.84. The lowest BCUT2D eigenvalue weighted by Gasteiger charge is -2.11. The lowest BCUT2D eigenvalue weighted by molar-refractivity contribution is 0.553. The summed E-state index contributed by atoms with van der Waals surface area (Å²) in [6.07, 6.45) is 6.18. The van der Waals surface area contributed by atoms with Gasteiger partial charge in [-0.1, -0.05) is 45.8 Å². The van der Waals surface area contributed by atoms with Gasteiger partial charge >= 0.3 is 0 Å². The Kier molecular flexibility index (Phi) is 8.79. The molecule has 90 valence electrons. The van der Waals surface area contributed by atoms with Crippen LogP contribution in [0.2, 0.25) is 0 Å². The first-order chi connectivity index (χ1) is 7.07. The maximum atomic E-state index is 3.47. The topological polar surface area (TPSA) is 12.0 Å². The number of rotatable bonds is 8. The molecular formula is C14H29N. The van der Waals surface area contributed by atoms with Crippen molar-refractivity contribution >= 4 is 0 Å². The van der Waals surface area contributed by atoms with Crippen LogP contribution in [0, 0.1) is 11.8 Å². The molecule has 0 aliphatic heterocycles. The standard InChI is InChI=1S/C14H29N/c1-6-8-13(4)14(5)9-7-10-15-11-12(2)3/h9,12-13,15H,6-8,10-11H2,1-5H3. The number of allylic oxidation sites excluding steroid dienone is 1. The Morgan fingerprint density at radius 1 is 1.27 bits per heavy atom. The van der Waals surface area contributed by atoms with E-state index >= 15 is 0 Å². The van der Waals surface area contributed by atoms with E-state index < -0.39 is 0 Å². The average molecular weight is 211 g/mol. The van der Waals surface area contributed by atoms with Crippen molar-refractivity contribution in [2.24, 2.45) is 11.8 Å². The first-order valence-electron chi connectivity index (χ1n) is 6.45. The van der Waals surface area contributed by atoms with Crippen LogP contribution in [0.3, 0.4) is 0 Å². The van der Waals surface area contributed by atoms with E-state index in [1.54, 1.807) is 5.57 Å². The van der Waals surface area contributed by atoms with Gasteiger partial charge in [-0.05, 0) is 44.7 Å². The zero-order valence-corrected chi connectivity index (χ0v) is 11.3. The van der Waals surface area contributed by atoms with Crippen molar-refractivity contribution in [1.82, 2.24) is 5.32 Å². The van der Waals surface area contributed by atoms with Gasteiger partial charge in [0.2, 0.25) is 0 Å². The van der Waals surface area contributed by atoms with Crippen molar-refractivity contribution < 1.29 is 0 Å². The molecule has 0 aromatic heterocycles.